The predicted molar refractivity (Wildman–Crippen MR) is 85.3 cm³/mol. The van der Waals surface area contributed by atoms with Crippen molar-refractivity contribution in [2.75, 3.05) is 0 Å². The van der Waals surface area contributed by atoms with Gasteiger partial charge in [-0.1, -0.05) is 0 Å². The van der Waals surface area contributed by atoms with Crippen LogP contribution in [0.2, 0.25) is 13.1 Å². The van der Waals surface area contributed by atoms with Crippen molar-refractivity contribution in [2.24, 2.45) is 0 Å². The summed E-state index contributed by atoms with van der Waals surface area (Å²) in [6.45, 7) is 7.34. The van der Waals surface area contributed by atoms with Crippen LogP contribution in [-0.2, 0) is 20.4 Å². The molecule has 0 spiro atoms. The standard InChI is InChI=1S/C18H19Si.3ClH.Ti/c1-14-13-15-9-7-8-12-17(15)18(14)19(2,3)16-10-5-4-6-11-16;;;;/h4-12,18H,1-3H3;3*1H;/q;;;;+3/p-3. The first-order chi connectivity index (χ1) is 9.53. The molecule has 2 aromatic carbocycles. The van der Waals surface area contributed by atoms with E-state index < -0.39 is 8.07 Å². The zero-order chi connectivity index (χ0) is 14.3. The minimum atomic E-state index is -1.56. The van der Waals surface area contributed by atoms with E-state index in [1.54, 1.807) is 16.3 Å². The summed E-state index contributed by atoms with van der Waals surface area (Å²) in [7, 11) is -1.56. The van der Waals surface area contributed by atoms with Crippen molar-refractivity contribution in [1.29, 1.82) is 0 Å². The molecule has 0 nitrogen and oxygen atoms in total. The molecule has 5 heteroatoms. The molecule has 0 fully saturated rings. The third-order valence-electron chi connectivity index (χ3n) is 4.61. The Bertz CT molecular complexity index is 684. The molecule has 1 unspecified atom stereocenters. The van der Waals surface area contributed by atoms with E-state index in [-0.39, 0.29) is 37.2 Å². The summed E-state index contributed by atoms with van der Waals surface area (Å²) in [5.74, 6) is 0. The second-order valence-electron chi connectivity index (χ2n) is 6.17. The maximum absolute atomic E-state index is 2.51. The van der Waals surface area contributed by atoms with Gasteiger partial charge in [0.25, 0.3) is 0 Å². The Balaban J connectivity index is 0.00000161. The molecule has 1 atom stereocenters. The molecule has 0 radical (unpaired) electrons. The topological polar surface area (TPSA) is 0 Å². The molecule has 0 N–H and O–H groups in total. The maximum atomic E-state index is 2.51. The van der Waals surface area contributed by atoms with Gasteiger partial charge in [-0.3, -0.25) is 0 Å². The smallest absolute Gasteiger partial charge is 1.00 e. The molecule has 1 aliphatic rings. The summed E-state index contributed by atoms with van der Waals surface area (Å²) < 4.78 is 1.49. The Kier molecular flexibility index (Phi) is 8.89. The molecule has 0 heterocycles. The average Bonchev–Trinajstić information content (AvgIpc) is 2.73. The van der Waals surface area contributed by atoms with Gasteiger partial charge in [-0.05, 0) is 0 Å². The third-order valence-corrected chi connectivity index (χ3v) is 9.65. The summed E-state index contributed by atoms with van der Waals surface area (Å²) in [4.78, 5) is 0. The van der Waals surface area contributed by atoms with Crippen LogP contribution in [0.1, 0.15) is 23.6 Å². The molecule has 1 aliphatic carbocycles. The van der Waals surface area contributed by atoms with Gasteiger partial charge in [0.2, 0.25) is 0 Å². The monoisotopic (exact) mass is 416 g/mol. The first-order valence-electron chi connectivity index (χ1n) is 7.10. The van der Waals surface area contributed by atoms with Gasteiger partial charge in [-0.25, -0.2) is 0 Å². The van der Waals surface area contributed by atoms with Crippen LogP contribution in [0.3, 0.4) is 0 Å². The Morgan fingerprint density at radius 1 is 0.826 bits per heavy atom. The third kappa shape index (κ3) is 3.98. The molecule has 0 saturated heterocycles. The van der Waals surface area contributed by atoms with E-state index in [0.717, 1.165) is 0 Å². The summed E-state index contributed by atoms with van der Waals surface area (Å²) in [6.07, 6.45) is 0. The Morgan fingerprint density at radius 3 is 1.96 bits per heavy atom. The van der Waals surface area contributed by atoms with E-state index >= 15 is 0 Å². The SMILES string of the molecule is CC1=[C]([Ti+3])c2ccccc2C1[Si](C)(C)c1ccccc1.[Cl-].[Cl-].[Cl-]. The van der Waals surface area contributed by atoms with Crippen molar-refractivity contribution in [1.82, 2.24) is 0 Å². The van der Waals surface area contributed by atoms with Gasteiger partial charge >= 0.3 is 134 Å². The largest absolute Gasteiger partial charge is 1.00 e. The van der Waals surface area contributed by atoms with Crippen LogP contribution in [0, 0.1) is 0 Å². The minimum absolute atomic E-state index is 0. The molecular weight excluding hydrogens is 399 g/mol. The molecular formula is C18H19Cl3SiTi. The number of rotatable bonds is 2. The molecule has 120 valence electrons. The minimum Gasteiger partial charge on any atom is -1.00 e. The van der Waals surface area contributed by atoms with Crippen LogP contribution in [-0.4, -0.2) is 8.07 Å². The van der Waals surface area contributed by atoms with Crippen LogP contribution in [0.4, 0.5) is 0 Å². The van der Waals surface area contributed by atoms with Crippen LogP contribution in [0.15, 0.2) is 60.2 Å². The number of halogens is 3. The van der Waals surface area contributed by atoms with Gasteiger partial charge in [0.15, 0.2) is 0 Å². The molecule has 0 bridgehead atoms. The molecule has 0 amide bonds. The van der Waals surface area contributed by atoms with Crippen LogP contribution >= 0.6 is 0 Å². The molecule has 0 aromatic heterocycles. The van der Waals surface area contributed by atoms with Gasteiger partial charge in [0.1, 0.15) is 0 Å². The number of hydrogen-bond donors (Lipinski definition) is 0. The van der Waals surface area contributed by atoms with E-state index in [4.69, 9.17) is 0 Å². The Hall–Kier alpha value is -0.0188. The summed E-state index contributed by atoms with van der Waals surface area (Å²) in [5.41, 5.74) is 5.20. The second-order valence-corrected chi connectivity index (χ2v) is 11.5. The van der Waals surface area contributed by atoms with Crippen LogP contribution in [0.25, 0.3) is 3.88 Å². The Labute approximate surface area is 170 Å². The van der Waals surface area contributed by atoms with Crippen molar-refractivity contribution in [2.45, 2.75) is 25.6 Å². The summed E-state index contributed by atoms with van der Waals surface area (Å²) >= 11 is 2.28. The normalized spacial score (nSPS) is 16.0. The van der Waals surface area contributed by atoms with Crippen molar-refractivity contribution in [3.8, 4) is 0 Å². The molecule has 3 rings (SSSR count). The molecule has 0 saturated carbocycles. The van der Waals surface area contributed by atoms with Gasteiger partial charge in [0.05, 0.1) is 0 Å². The summed E-state index contributed by atoms with van der Waals surface area (Å²) in [5, 5.41) is 1.55. The fourth-order valence-corrected chi connectivity index (χ4v) is 7.98. The maximum Gasteiger partial charge on any atom is -1.00 e. The van der Waals surface area contributed by atoms with E-state index in [9.17, 15) is 0 Å². The van der Waals surface area contributed by atoms with Crippen LogP contribution < -0.4 is 42.4 Å². The first kappa shape index (κ1) is 23.0. The number of benzene rings is 2. The van der Waals surface area contributed by atoms with E-state index in [1.165, 1.54) is 9.44 Å². The van der Waals surface area contributed by atoms with Gasteiger partial charge in [-0.15, -0.1) is 0 Å². The second kappa shape index (κ2) is 8.90. The van der Waals surface area contributed by atoms with Crippen LogP contribution in [0.5, 0.6) is 0 Å². The first-order valence-corrected chi connectivity index (χ1v) is 11.0. The van der Waals surface area contributed by atoms with Crippen molar-refractivity contribution >= 4 is 17.1 Å². The molecule has 23 heavy (non-hydrogen) atoms. The van der Waals surface area contributed by atoms with Crippen molar-refractivity contribution in [3.63, 3.8) is 0 Å². The van der Waals surface area contributed by atoms with Gasteiger partial charge in [0, 0.05) is 0 Å². The molecule has 0 aliphatic heterocycles. The number of fused-ring (bicyclic) bond motifs is 1. The van der Waals surface area contributed by atoms with E-state index in [1.807, 2.05) is 0 Å². The van der Waals surface area contributed by atoms with E-state index in [0.29, 0.717) is 5.54 Å². The number of allylic oxidation sites excluding steroid dienone is 1. The van der Waals surface area contributed by atoms with Crippen molar-refractivity contribution < 1.29 is 57.7 Å². The van der Waals surface area contributed by atoms with Gasteiger partial charge in [-0.2, -0.15) is 0 Å². The predicted octanol–water partition coefficient (Wildman–Crippen LogP) is -4.77. The van der Waals surface area contributed by atoms with E-state index in [2.05, 4.69) is 95.1 Å². The zero-order valence-corrected chi connectivity index (χ0v) is 18.2. The fourth-order valence-electron chi connectivity index (χ4n) is 3.53. The summed E-state index contributed by atoms with van der Waals surface area (Å²) in [6, 6.07) is 20.1. The molecule has 2 aromatic rings. The average molecular weight is 418 g/mol. The Morgan fingerprint density at radius 2 is 1.35 bits per heavy atom. The fraction of sp³-hybridized carbons (Fsp3) is 0.222. The zero-order valence-electron chi connectivity index (χ0n) is 13.4. The number of hydrogen-bond acceptors (Lipinski definition) is 0. The van der Waals surface area contributed by atoms with Crippen molar-refractivity contribution in [3.05, 3.63) is 71.3 Å². The van der Waals surface area contributed by atoms with Gasteiger partial charge < -0.3 is 37.2 Å². The quantitative estimate of drug-likeness (QED) is 0.431.